The van der Waals surface area contributed by atoms with E-state index < -0.39 is 13.5 Å². The van der Waals surface area contributed by atoms with E-state index in [9.17, 15) is 4.79 Å². The summed E-state index contributed by atoms with van der Waals surface area (Å²) in [6, 6.07) is 14.0. The van der Waals surface area contributed by atoms with E-state index in [4.69, 9.17) is 4.98 Å². The zero-order valence-electron chi connectivity index (χ0n) is 14.9. The summed E-state index contributed by atoms with van der Waals surface area (Å²) in [5.41, 5.74) is 2.26. The second-order valence-corrected chi connectivity index (χ2v) is 12.9. The molecule has 4 heteroatoms. The first kappa shape index (κ1) is 17.4. The molecule has 0 radical (unpaired) electrons. The molecule has 2 aromatic rings. The maximum atomic E-state index is 12.3. The van der Waals surface area contributed by atoms with Gasteiger partial charge >= 0.3 is 0 Å². The topological polar surface area (TPSA) is 42.0 Å². The van der Waals surface area contributed by atoms with Crippen molar-refractivity contribution in [2.45, 2.75) is 40.4 Å². The highest BCUT2D eigenvalue weighted by Crippen LogP contribution is 2.27. The number of nitrogens with zero attached hydrogens (tertiary/aromatic N) is 1. The molecule has 122 valence electrons. The lowest BCUT2D eigenvalue weighted by molar-refractivity contribution is -0.123. The van der Waals surface area contributed by atoms with Gasteiger partial charge in [0.05, 0.1) is 11.4 Å². The van der Waals surface area contributed by atoms with Gasteiger partial charge in [0, 0.05) is 16.3 Å². The molecule has 2 rings (SSSR count). The van der Waals surface area contributed by atoms with E-state index in [-0.39, 0.29) is 5.91 Å². The number of benzene rings is 1. The molecule has 0 aliphatic rings. The quantitative estimate of drug-likeness (QED) is 0.856. The average molecular weight is 327 g/mol. The summed E-state index contributed by atoms with van der Waals surface area (Å²) >= 11 is 0. The number of pyridine rings is 1. The molecular weight excluding hydrogens is 300 g/mol. The number of aromatic nitrogens is 1. The molecule has 0 atom stereocenters. The van der Waals surface area contributed by atoms with Crippen LogP contribution in [0.2, 0.25) is 19.6 Å². The van der Waals surface area contributed by atoms with Gasteiger partial charge in [-0.15, -0.1) is 0 Å². The van der Waals surface area contributed by atoms with Gasteiger partial charge in [-0.2, -0.15) is 0 Å². The van der Waals surface area contributed by atoms with Crippen LogP contribution >= 0.6 is 0 Å². The minimum atomic E-state index is -1.48. The zero-order chi connectivity index (χ0) is 17.3. The molecule has 0 aliphatic carbocycles. The van der Waals surface area contributed by atoms with Crippen LogP contribution in [-0.4, -0.2) is 19.0 Å². The van der Waals surface area contributed by atoms with Gasteiger partial charge in [0.15, 0.2) is 0 Å². The van der Waals surface area contributed by atoms with Crippen LogP contribution < -0.4 is 10.6 Å². The Morgan fingerprint density at radius 1 is 1.00 bits per heavy atom. The highest BCUT2D eigenvalue weighted by atomic mass is 28.3. The Morgan fingerprint density at radius 2 is 1.65 bits per heavy atom. The molecule has 3 nitrogen and oxygen atoms in total. The van der Waals surface area contributed by atoms with Crippen LogP contribution in [-0.2, 0) is 4.79 Å². The number of rotatable bonds is 3. The lowest BCUT2D eigenvalue weighted by atomic mass is 9.95. The van der Waals surface area contributed by atoms with E-state index in [0.29, 0.717) is 0 Å². The Kier molecular flexibility index (Phi) is 4.75. The predicted molar refractivity (Wildman–Crippen MR) is 101 cm³/mol. The third-order valence-corrected chi connectivity index (χ3v) is 5.47. The van der Waals surface area contributed by atoms with Crippen LogP contribution in [0.4, 0.5) is 5.69 Å². The maximum Gasteiger partial charge on any atom is 0.229 e. The van der Waals surface area contributed by atoms with E-state index in [0.717, 1.165) is 16.9 Å². The molecule has 0 aliphatic heterocycles. The Labute approximate surface area is 140 Å². The van der Waals surface area contributed by atoms with Gasteiger partial charge in [-0.1, -0.05) is 64.7 Å². The van der Waals surface area contributed by atoms with Gasteiger partial charge in [0.25, 0.3) is 0 Å². The molecule has 1 amide bonds. The molecule has 1 aromatic carbocycles. The van der Waals surface area contributed by atoms with E-state index in [1.807, 2.05) is 51.1 Å². The van der Waals surface area contributed by atoms with Crippen LogP contribution in [0.1, 0.15) is 20.8 Å². The molecule has 23 heavy (non-hydrogen) atoms. The second kappa shape index (κ2) is 6.28. The SMILES string of the molecule is CC(C)(C)C(=O)Nc1ccccc1-c1cccc([Si](C)(C)C)n1. The monoisotopic (exact) mass is 326 g/mol. The Hall–Kier alpha value is -1.94. The molecule has 1 aromatic heterocycles. The van der Waals surface area contributed by atoms with Crippen molar-refractivity contribution in [2.75, 3.05) is 5.32 Å². The Balaban J connectivity index is 2.44. The van der Waals surface area contributed by atoms with Crippen molar-refractivity contribution in [3.05, 3.63) is 42.5 Å². The molecule has 0 unspecified atom stereocenters. The van der Waals surface area contributed by atoms with Gasteiger partial charge in [0.2, 0.25) is 5.91 Å². The normalized spacial score (nSPS) is 12.1. The minimum Gasteiger partial charge on any atom is -0.325 e. The first-order valence-electron chi connectivity index (χ1n) is 7.97. The van der Waals surface area contributed by atoms with Crippen molar-refractivity contribution < 1.29 is 4.79 Å². The van der Waals surface area contributed by atoms with Crippen molar-refractivity contribution in [3.63, 3.8) is 0 Å². The van der Waals surface area contributed by atoms with Crippen LogP contribution in [0.5, 0.6) is 0 Å². The highest BCUT2D eigenvalue weighted by Gasteiger charge is 2.23. The van der Waals surface area contributed by atoms with E-state index in [1.54, 1.807) is 0 Å². The third-order valence-electron chi connectivity index (χ3n) is 3.65. The highest BCUT2D eigenvalue weighted by molar-refractivity contribution is 6.88. The van der Waals surface area contributed by atoms with Gasteiger partial charge in [-0.05, 0) is 18.2 Å². The molecule has 1 heterocycles. The number of para-hydroxylation sites is 1. The summed E-state index contributed by atoms with van der Waals surface area (Å²) in [5.74, 6) is 0.00583. The summed E-state index contributed by atoms with van der Waals surface area (Å²) in [7, 11) is -1.48. The van der Waals surface area contributed by atoms with Crippen molar-refractivity contribution in [3.8, 4) is 11.3 Å². The summed E-state index contributed by atoms with van der Waals surface area (Å²) in [6.45, 7) is 12.6. The van der Waals surface area contributed by atoms with Crippen molar-refractivity contribution in [1.82, 2.24) is 4.98 Å². The van der Waals surface area contributed by atoms with Crippen molar-refractivity contribution in [2.24, 2.45) is 5.41 Å². The largest absolute Gasteiger partial charge is 0.325 e. The smallest absolute Gasteiger partial charge is 0.229 e. The van der Waals surface area contributed by atoms with Gasteiger partial charge in [-0.25, -0.2) is 0 Å². The van der Waals surface area contributed by atoms with E-state index in [1.165, 1.54) is 5.32 Å². The minimum absolute atomic E-state index is 0.00583. The molecule has 0 saturated heterocycles. The number of carbonyl (C=O) groups is 1. The number of carbonyl (C=O) groups excluding carboxylic acids is 1. The van der Waals surface area contributed by atoms with Gasteiger partial charge in [0.1, 0.15) is 8.07 Å². The first-order chi connectivity index (χ1) is 10.6. The van der Waals surface area contributed by atoms with Crippen LogP contribution in [0.3, 0.4) is 0 Å². The lowest BCUT2D eigenvalue weighted by Gasteiger charge is -2.20. The van der Waals surface area contributed by atoms with Crippen LogP contribution in [0.25, 0.3) is 11.3 Å². The third kappa shape index (κ3) is 4.29. The fourth-order valence-electron chi connectivity index (χ4n) is 2.13. The average Bonchev–Trinajstić information content (AvgIpc) is 2.46. The molecule has 1 N–H and O–H groups in total. The number of hydrogen-bond acceptors (Lipinski definition) is 2. The number of amides is 1. The van der Waals surface area contributed by atoms with Crippen molar-refractivity contribution in [1.29, 1.82) is 0 Å². The summed E-state index contributed by atoms with van der Waals surface area (Å²) in [6.07, 6.45) is 0. The molecule has 0 spiro atoms. The van der Waals surface area contributed by atoms with Crippen LogP contribution in [0, 0.1) is 5.41 Å². The molecular formula is C19H26N2OSi. The van der Waals surface area contributed by atoms with E-state index >= 15 is 0 Å². The number of anilines is 1. The molecule has 0 fully saturated rings. The number of nitrogens with one attached hydrogen (secondary N) is 1. The summed E-state index contributed by atoms with van der Waals surface area (Å²) in [5, 5.41) is 4.21. The fourth-order valence-corrected chi connectivity index (χ4v) is 3.18. The van der Waals surface area contributed by atoms with Crippen LogP contribution in [0.15, 0.2) is 42.5 Å². The second-order valence-electron chi connectivity index (χ2n) is 7.91. The predicted octanol–water partition coefficient (Wildman–Crippen LogP) is 4.28. The lowest BCUT2D eigenvalue weighted by Crippen LogP contribution is -2.40. The maximum absolute atomic E-state index is 12.3. The van der Waals surface area contributed by atoms with Gasteiger partial charge in [-0.3, -0.25) is 9.78 Å². The number of hydrogen-bond donors (Lipinski definition) is 1. The van der Waals surface area contributed by atoms with Crippen molar-refractivity contribution >= 4 is 25.0 Å². The standard InChI is InChI=1S/C19H26N2OSi/c1-19(2,3)18(22)21-16-11-8-7-10-14(16)15-12-9-13-17(20-15)23(4,5)6/h7-13H,1-6H3,(H,21,22). The summed E-state index contributed by atoms with van der Waals surface area (Å²) in [4.78, 5) is 17.2. The first-order valence-corrected chi connectivity index (χ1v) is 11.5. The molecule has 0 bridgehead atoms. The zero-order valence-corrected chi connectivity index (χ0v) is 15.9. The Morgan fingerprint density at radius 3 is 2.26 bits per heavy atom. The molecule has 0 saturated carbocycles. The van der Waals surface area contributed by atoms with Gasteiger partial charge < -0.3 is 5.32 Å². The van der Waals surface area contributed by atoms with E-state index in [2.05, 4.69) is 37.1 Å². The Bertz CT molecular complexity index is 712. The summed E-state index contributed by atoms with van der Waals surface area (Å²) < 4.78 is 0. The fraction of sp³-hybridized carbons (Fsp3) is 0.368.